The molecule has 104 valence electrons. The van der Waals surface area contributed by atoms with Crippen molar-refractivity contribution in [2.75, 3.05) is 0 Å². The summed E-state index contributed by atoms with van der Waals surface area (Å²) >= 11 is 2.11. The van der Waals surface area contributed by atoms with Crippen LogP contribution in [0, 0.1) is 0 Å². The van der Waals surface area contributed by atoms with E-state index < -0.39 is 18.3 Å². The number of unbranched alkanes of at least 4 members (excludes halogenated alkanes) is 4. The molecule has 0 heterocycles. The zero-order valence-corrected chi connectivity index (χ0v) is 14.3. The predicted octanol–water partition coefficient (Wildman–Crippen LogP) is 4.21. The molecule has 17 heavy (non-hydrogen) atoms. The first-order valence-electron chi connectivity index (χ1n) is 6.22. The summed E-state index contributed by atoms with van der Waals surface area (Å²) in [4.78, 5) is 0. The second kappa shape index (κ2) is 6.70. The summed E-state index contributed by atoms with van der Waals surface area (Å²) in [5.41, 5.74) is 0. The van der Waals surface area contributed by atoms with Gasteiger partial charge in [-0.15, -0.1) is 0 Å². The Balaban J connectivity index is 4.55. The van der Waals surface area contributed by atoms with E-state index >= 15 is 0 Å². The monoisotopic (exact) mass is 376 g/mol. The maximum absolute atomic E-state index is 11.6. The molecule has 5 heteroatoms. The Bertz CT molecular complexity index is 319. The van der Waals surface area contributed by atoms with Gasteiger partial charge in [0.1, 0.15) is 4.75 Å². The van der Waals surface area contributed by atoms with Gasteiger partial charge in [-0.1, -0.05) is 61.6 Å². The van der Waals surface area contributed by atoms with Crippen LogP contribution in [0.2, 0.25) is 0 Å². The minimum Gasteiger partial charge on any atom is -0.285 e. The van der Waals surface area contributed by atoms with Gasteiger partial charge in [-0.2, -0.15) is 8.42 Å². The van der Waals surface area contributed by atoms with Crippen LogP contribution in [0.4, 0.5) is 0 Å². The van der Waals surface area contributed by atoms with Gasteiger partial charge in [-0.05, 0) is 27.2 Å². The largest absolute Gasteiger partial charge is 0.285 e. The molecule has 0 amide bonds. The van der Waals surface area contributed by atoms with Gasteiger partial charge in [0, 0.05) is 3.42 Å². The molecule has 1 N–H and O–H groups in total. The molecule has 0 aromatic heterocycles. The summed E-state index contributed by atoms with van der Waals surface area (Å²) in [5, 5.41) is 0. The van der Waals surface area contributed by atoms with Gasteiger partial charge in [0.2, 0.25) is 0 Å². The summed E-state index contributed by atoms with van der Waals surface area (Å²) in [7, 11) is -4.02. The Morgan fingerprint density at radius 3 is 1.88 bits per heavy atom. The molecule has 0 aromatic rings. The number of hydrogen-bond donors (Lipinski definition) is 1. The van der Waals surface area contributed by atoms with Crippen LogP contribution < -0.4 is 0 Å². The van der Waals surface area contributed by atoms with Crippen LogP contribution in [-0.2, 0) is 10.1 Å². The lowest BCUT2D eigenvalue weighted by Gasteiger charge is -2.37. The molecule has 0 radical (unpaired) electrons. The third-order valence-corrected chi connectivity index (χ3v) is 6.99. The SMILES string of the molecule is CCCCCCCC(C)(C(C)(C)I)S(=O)(=O)O. The van der Waals surface area contributed by atoms with Crippen molar-refractivity contribution in [3.8, 4) is 0 Å². The van der Waals surface area contributed by atoms with Crippen LogP contribution in [0.15, 0.2) is 0 Å². The van der Waals surface area contributed by atoms with Gasteiger partial charge in [0.15, 0.2) is 0 Å². The average Bonchev–Trinajstić information content (AvgIpc) is 2.13. The van der Waals surface area contributed by atoms with Gasteiger partial charge in [0.05, 0.1) is 0 Å². The van der Waals surface area contributed by atoms with Crippen molar-refractivity contribution >= 4 is 32.7 Å². The third kappa shape index (κ3) is 5.03. The molecule has 1 unspecified atom stereocenters. The molecule has 0 saturated carbocycles. The molecule has 0 aliphatic rings. The maximum Gasteiger partial charge on any atom is 0.271 e. The number of rotatable bonds is 8. The zero-order valence-electron chi connectivity index (χ0n) is 11.3. The first-order chi connectivity index (χ1) is 7.56. The van der Waals surface area contributed by atoms with Gasteiger partial charge < -0.3 is 0 Å². The van der Waals surface area contributed by atoms with Crippen molar-refractivity contribution in [2.45, 2.75) is 74.4 Å². The van der Waals surface area contributed by atoms with Crippen molar-refractivity contribution < 1.29 is 13.0 Å². The highest BCUT2D eigenvalue weighted by Gasteiger charge is 2.48. The van der Waals surface area contributed by atoms with E-state index in [1.807, 2.05) is 13.8 Å². The van der Waals surface area contributed by atoms with E-state index in [1.54, 1.807) is 6.92 Å². The van der Waals surface area contributed by atoms with Crippen molar-refractivity contribution in [1.82, 2.24) is 0 Å². The molecule has 0 bridgehead atoms. The van der Waals surface area contributed by atoms with E-state index in [9.17, 15) is 13.0 Å². The Kier molecular flexibility index (Phi) is 6.96. The molecule has 0 rings (SSSR count). The lowest BCUT2D eigenvalue weighted by molar-refractivity contribution is 0.377. The van der Waals surface area contributed by atoms with E-state index in [0.29, 0.717) is 6.42 Å². The van der Waals surface area contributed by atoms with Crippen molar-refractivity contribution in [2.24, 2.45) is 0 Å². The lowest BCUT2D eigenvalue weighted by Crippen LogP contribution is -2.49. The number of hydrogen-bond acceptors (Lipinski definition) is 2. The third-order valence-electron chi connectivity index (χ3n) is 3.58. The van der Waals surface area contributed by atoms with E-state index in [4.69, 9.17) is 0 Å². The molecule has 0 aromatic carbocycles. The van der Waals surface area contributed by atoms with Crippen LogP contribution in [0.1, 0.15) is 66.2 Å². The molecule has 1 atom stereocenters. The van der Waals surface area contributed by atoms with E-state index in [-0.39, 0.29) is 0 Å². The van der Waals surface area contributed by atoms with Gasteiger partial charge in [-0.3, -0.25) is 4.55 Å². The van der Waals surface area contributed by atoms with Crippen molar-refractivity contribution in [3.63, 3.8) is 0 Å². The fourth-order valence-corrected chi connectivity index (χ4v) is 3.92. The summed E-state index contributed by atoms with van der Waals surface area (Å²) < 4.78 is 31.0. The maximum atomic E-state index is 11.6. The molecule has 0 aliphatic carbocycles. The second-order valence-electron chi connectivity index (χ2n) is 5.34. The number of halogens is 1. The highest BCUT2D eigenvalue weighted by atomic mass is 127. The highest BCUT2D eigenvalue weighted by Crippen LogP contribution is 2.40. The highest BCUT2D eigenvalue weighted by molar-refractivity contribution is 14.1. The molecule has 3 nitrogen and oxygen atoms in total. The molecule has 0 saturated heterocycles. The number of alkyl halides is 1. The molecular weight excluding hydrogens is 351 g/mol. The first kappa shape index (κ1) is 17.6. The van der Waals surface area contributed by atoms with Gasteiger partial charge in [0.25, 0.3) is 10.1 Å². The van der Waals surface area contributed by atoms with Crippen molar-refractivity contribution in [3.05, 3.63) is 0 Å². The van der Waals surface area contributed by atoms with Gasteiger partial charge in [-0.25, -0.2) is 0 Å². The van der Waals surface area contributed by atoms with Crippen LogP contribution in [0.25, 0.3) is 0 Å². The minimum absolute atomic E-state index is 0.483. The normalized spacial score (nSPS) is 16.8. The smallest absolute Gasteiger partial charge is 0.271 e. The van der Waals surface area contributed by atoms with Crippen LogP contribution in [0.3, 0.4) is 0 Å². The van der Waals surface area contributed by atoms with E-state index in [1.165, 1.54) is 12.8 Å². The van der Waals surface area contributed by atoms with Crippen LogP contribution in [-0.4, -0.2) is 21.1 Å². The van der Waals surface area contributed by atoms with E-state index in [2.05, 4.69) is 29.5 Å². The summed E-state index contributed by atoms with van der Waals surface area (Å²) in [6, 6.07) is 0. The molecule has 0 fully saturated rings. The second-order valence-corrected chi connectivity index (χ2v) is 9.89. The Hall–Kier alpha value is 0.640. The first-order valence-corrected chi connectivity index (χ1v) is 8.74. The predicted molar refractivity (Wildman–Crippen MR) is 81.4 cm³/mol. The topological polar surface area (TPSA) is 54.4 Å². The Morgan fingerprint density at radius 2 is 1.53 bits per heavy atom. The fourth-order valence-electron chi connectivity index (χ4n) is 1.80. The van der Waals surface area contributed by atoms with Crippen molar-refractivity contribution in [1.29, 1.82) is 0 Å². The summed E-state index contributed by atoms with van der Waals surface area (Å²) in [6.45, 7) is 7.51. The molecule has 0 aliphatic heterocycles. The fraction of sp³-hybridized carbons (Fsp3) is 1.00. The summed E-state index contributed by atoms with van der Waals surface area (Å²) in [6.07, 6.45) is 5.91. The van der Waals surface area contributed by atoms with Crippen LogP contribution in [0.5, 0.6) is 0 Å². The standard InChI is InChI=1S/C12H25IO3S/c1-5-6-7-8-9-10-12(4,11(2,3)13)17(14,15)16/h5-10H2,1-4H3,(H,14,15,16). The van der Waals surface area contributed by atoms with Crippen LogP contribution >= 0.6 is 22.6 Å². The molecule has 0 spiro atoms. The quantitative estimate of drug-likeness (QED) is 0.299. The van der Waals surface area contributed by atoms with E-state index in [0.717, 1.165) is 19.3 Å². The summed E-state index contributed by atoms with van der Waals surface area (Å²) in [5.74, 6) is 0. The average molecular weight is 376 g/mol. The molecular formula is C12H25IO3S. The zero-order chi connectivity index (χ0) is 13.7. The Morgan fingerprint density at radius 1 is 1.06 bits per heavy atom. The van der Waals surface area contributed by atoms with Gasteiger partial charge >= 0.3 is 0 Å². The lowest BCUT2D eigenvalue weighted by atomic mass is 9.90. The minimum atomic E-state index is -4.02. The Labute approximate surface area is 120 Å².